The van der Waals surface area contributed by atoms with Gasteiger partial charge in [-0.3, -0.25) is 9.59 Å². The summed E-state index contributed by atoms with van der Waals surface area (Å²) in [5.74, 6) is 1.84. The third kappa shape index (κ3) is 4.35. The largest absolute Gasteiger partial charge is 0.345 e. The molecule has 0 bridgehead atoms. The van der Waals surface area contributed by atoms with Gasteiger partial charge in [-0.25, -0.2) is 0 Å². The number of hydrogen-bond donors (Lipinski definition) is 1. The Kier molecular flexibility index (Phi) is 5.41. The van der Waals surface area contributed by atoms with Crippen molar-refractivity contribution >= 4 is 11.8 Å². The van der Waals surface area contributed by atoms with E-state index in [1.807, 2.05) is 10.8 Å². The van der Waals surface area contributed by atoms with E-state index < -0.39 is 0 Å². The third-order valence-electron chi connectivity index (χ3n) is 2.69. The molecule has 0 radical (unpaired) electrons. The average Bonchev–Trinajstić information content (AvgIpc) is 2.49. The molecule has 16 heavy (non-hydrogen) atoms. The molecule has 1 aliphatic heterocycles. The highest BCUT2D eigenvalue weighted by Crippen LogP contribution is 2.10. The van der Waals surface area contributed by atoms with E-state index in [0.29, 0.717) is 19.5 Å². The molecule has 0 unspecified atom stereocenters. The Hall–Kier alpha value is -1.50. The first-order chi connectivity index (χ1) is 7.74. The molecule has 88 valence electrons. The van der Waals surface area contributed by atoms with Gasteiger partial charge < -0.3 is 10.2 Å². The number of amides is 2. The third-order valence-corrected chi connectivity index (χ3v) is 2.69. The van der Waals surface area contributed by atoms with Crippen molar-refractivity contribution in [2.24, 2.45) is 0 Å². The van der Waals surface area contributed by atoms with Crippen molar-refractivity contribution in [1.82, 2.24) is 10.2 Å². The van der Waals surface area contributed by atoms with Gasteiger partial charge in [0.1, 0.15) is 0 Å². The van der Waals surface area contributed by atoms with Crippen LogP contribution in [0.2, 0.25) is 0 Å². The maximum atomic E-state index is 11.6. The van der Waals surface area contributed by atoms with Gasteiger partial charge in [-0.1, -0.05) is 6.42 Å². The van der Waals surface area contributed by atoms with Crippen LogP contribution in [0, 0.1) is 12.3 Å². The van der Waals surface area contributed by atoms with Crippen LogP contribution in [0.4, 0.5) is 0 Å². The lowest BCUT2D eigenvalue weighted by molar-refractivity contribution is -0.130. The van der Waals surface area contributed by atoms with E-state index in [-0.39, 0.29) is 11.8 Å². The molecule has 1 heterocycles. The fourth-order valence-corrected chi connectivity index (χ4v) is 1.80. The van der Waals surface area contributed by atoms with E-state index >= 15 is 0 Å². The van der Waals surface area contributed by atoms with Crippen molar-refractivity contribution in [3.05, 3.63) is 0 Å². The molecule has 0 aromatic rings. The minimum atomic E-state index is -0.387. The number of rotatable bonds is 4. The van der Waals surface area contributed by atoms with Gasteiger partial charge in [0.2, 0.25) is 5.91 Å². The van der Waals surface area contributed by atoms with Crippen LogP contribution in [0.3, 0.4) is 0 Å². The van der Waals surface area contributed by atoms with Crippen molar-refractivity contribution in [3.63, 3.8) is 0 Å². The summed E-state index contributed by atoms with van der Waals surface area (Å²) in [6, 6.07) is 0. The average molecular weight is 222 g/mol. The fourth-order valence-electron chi connectivity index (χ4n) is 1.80. The van der Waals surface area contributed by atoms with Gasteiger partial charge in [0.05, 0.1) is 0 Å². The van der Waals surface area contributed by atoms with Crippen molar-refractivity contribution in [1.29, 1.82) is 0 Å². The predicted octanol–water partition coefficient (Wildman–Crippen LogP) is 0.528. The van der Waals surface area contributed by atoms with E-state index in [0.717, 1.165) is 32.2 Å². The molecule has 0 saturated carbocycles. The lowest BCUT2D eigenvalue weighted by atomic mass is 10.2. The number of nitrogens with zero attached hydrogens (tertiary/aromatic N) is 1. The molecule has 1 rings (SSSR count). The maximum Gasteiger partial charge on any atom is 0.295 e. The summed E-state index contributed by atoms with van der Waals surface area (Å²) in [7, 11) is 0. The van der Waals surface area contributed by atoms with Gasteiger partial charge in [0.15, 0.2) is 0 Å². The lowest BCUT2D eigenvalue weighted by Crippen LogP contribution is -2.33. The number of hydrogen-bond acceptors (Lipinski definition) is 2. The highest BCUT2D eigenvalue weighted by molar-refractivity contribution is 5.92. The fraction of sp³-hybridized carbons (Fsp3) is 0.667. The van der Waals surface area contributed by atoms with Crippen molar-refractivity contribution in [2.45, 2.75) is 32.1 Å². The van der Waals surface area contributed by atoms with Gasteiger partial charge >= 0.3 is 0 Å². The Morgan fingerprint density at radius 3 is 3.00 bits per heavy atom. The molecule has 0 spiro atoms. The van der Waals surface area contributed by atoms with Crippen LogP contribution in [0.1, 0.15) is 32.1 Å². The molecule has 4 nitrogen and oxygen atoms in total. The van der Waals surface area contributed by atoms with Gasteiger partial charge in [0, 0.05) is 26.1 Å². The molecular formula is C12H18N2O2. The first kappa shape index (κ1) is 12.6. The molecular weight excluding hydrogens is 204 g/mol. The molecule has 4 heteroatoms. The van der Waals surface area contributed by atoms with E-state index in [1.165, 1.54) is 0 Å². The molecule has 0 aromatic heterocycles. The van der Waals surface area contributed by atoms with Gasteiger partial charge in [-0.15, -0.1) is 6.42 Å². The lowest BCUT2D eigenvalue weighted by Gasteiger charge is -2.20. The Balaban J connectivity index is 2.18. The Morgan fingerprint density at radius 2 is 2.25 bits per heavy atom. The summed E-state index contributed by atoms with van der Waals surface area (Å²) < 4.78 is 0. The second-order valence-corrected chi connectivity index (χ2v) is 3.95. The Bertz CT molecular complexity index is 294. The zero-order valence-corrected chi connectivity index (χ0v) is 9.50. The summed E-state index contributed by atoms with van der Waals surface area (Å²) in [5, 5.41) is 2.59. The monoisotopic (exact) mass is 222 g/mol. The molecule has 1 N–H and O–H groups in total. The van der Waals surface area contributed by atoms with E-state index in [1.54, 1.807) is 0 Å². The minimum absolute atomic E-state index is 0.237. The second-order valence-electron chi connectivity index (χ2n) is 3.95. The first-order valence-electron chi connectivity index (χ1n) is 5.76. The Morgan fingerprint density at radius 1 is 1.44 bits per heavy atom. The van der Waals surface area contributed by atoms with Crippen LogP contribution in [0.5, 0.6) is 0 Å². The molecule has 0 atom stereocenters. The van der Waals surface area contributed by atoms with E-state index in [2.05, 4.69) is 5.32 Å². The molecule has 1 aliphatic rings. The highest BCUT2D eigenvalue weighted by Gasteiger charge is 2.15. The minimum Gasteiger partial charge on any atom is -0.345 e. The zero-order chi connectivity index (χ0) is 11.8. The van der Waals surface area contributed by atoms with Crippen LogP contribution in [-0.4, -0.2) is 36.3 Å². The summed E-state index contributed by atoms with van der Waals surface area (Å²) in [6.45, 7) is 2.10. The van der Waals surface area contributed by atoms with Crippen molar-refractivity contribution < 1.29 is 9.59 Å². The zero-order valence-electron chi connectivity index (χ0n) is 9.50. The van der Waals surface area contributed by atoms with Crippen LogP contribution >= 0.6 is 0 Å². The second kappa shape index (κ2) is 6.89. The van der Waals surface area contributed by atoms with Gasteiger partial charge in [-0.2, -0.15) is 0 Å². The molecule has 1 saturated heterocycles. The normalized spacial score (nSPS) is 16.4. The predicted molar refractivity (Wildman–Crippen MR) is 61.5 cm³/mol. The standard InChI is InChI=1S/C12H18N2O2/c1-2-11(15)13-8-6-10-14-9-5-3-4-7-12(14)16/h1H,3-10H2,(H,13,15). The summed E-state index contributed by atoms with van der Waals surface area (Å²) in [6.07, 6.45) is 9.56. The van der Waals surface area contributed by atoms with Crippen molar-refractivity contribution in [2.75, 3.05) is 19.6 Å². The summed E-state index contributed by atoms with van der Waals surface area (Å²) >= 11 is 0. The molecule has 2 amide bonds. The van der Waals surface area contributed by atoms with Crippen LogP contribution < -0.4 is 5.32 Å². The molecule has 0 aliphatic carbocycles. The quantitative estimate of drug-likeness (QED) is 0.557. The number of carbonyl (C=O) groups is 2. The van der Waals surface area contributed by atoms with Crippen LogP contribution in [0.25, 0.3) is 0 Å². The summed E-state index contributed by atoms with van der Waals surface area (Å²) in [5.41, 5.74) is 0. The Labute approximate surface area is 96.4 Å². The number of carbonyl (C=O) groups excluding carboxylic acids is 2. The van der Waals surface area contributed by atoms with E-state index in [9.17, 15) is 9.59 Å². The number of terminal acetylenes is 1. The number of likely N-dealkylation sites (tertiary alicyclic amines) is 1. The first-order valence-corrected chi connectivity index (χ1v) is 5.76. The van der Waals surface area contributed by atoms with Crippen LogP contribution in [0.15, 0.2) is 0 Å². The maximum absolute atomic E-state index is 11.6. The number of nitrogens with one attached hydrogen (secondary N) is 1. The SMILES string of the molecule is C#CC(=O)NCCCN1CCCCCC1=O. The summed E-state index contributed by atoms with van der Waals surface area (Å²) in [4.78, 5) is 24.2. The topological polar surface area (TPSA) is 49.4 Å². The smallest absolute Gasteiger partial charge is 0.295 e. The van der Waals surface area contributed by atoms with Crippen LogP contribution in [-0.2, 0) is 9.59 Å². The van der Waals surface area contributed by atoms with Crippen molar-refractivity contribution in [3.8, 4) is 12.3 Å². The van der Waals surface area contributed by atoms with Gasteiger partial charge in [-0.05, 0) is 25.2 Å². The van der Waals surface area contributed by atoms with Gasteiger partial charge in [0.25, 0.3) is 5.91 Å². The molecule has 0 aromatic carbocycles. The highest BCUT2D eigenvalue weighted by atomic mass is 16.2. The molecule has 1 fully saturated rings. The van der Waals surface area contributed by atoms with E-state index in [4.69, 9.17) is 6.42 Å².